The van der Waals surface area contributed by atoms with Gasteiger partial charge in [0.2, 0.25) is 12.0 Å². The van der Waals surface area contributed by atoms with Crippen LogP contribution in [0.5, 0.6) is 28.7 Å². The molecule has 0 spiro atoms. The summed E-state index contributed by atoms with van der Waals surface area (Å²) >= 11 is 7.51. The number of thioether (sulfide) groups is 1. The first-order chi connectivity index (χ1) is 46.9. The zero-order valence-corrected chi connectivity index (χ0v) is 56.8. The SMILES string of the molecule is CCCCCCCCCCCCOc1ccc(C)cc1NC(=O)c1cc(Oc2ccc(CSc3nn[nH][n+]3CC(=O)OCCC)cc2[N+](=O)[O-])c2ccccc2c1O.CCOC1C(=O)N(C(C(=O)Nc2cc(C)ccc2Cl)C(=O)c2ccc(OC)cc2)C(=O)N1Cc1ccccc1. The Morgan fingerprint density at radius 3 is 2.08 bits per heavy atom. The minimum absolute atomic E-state index is 0.0430. The van der Waals surface area contributed by atoms with Gasteiger partial charge in [0.1, 0.15) is 28.1 Å². The molecule has 4 N–H and O–H groups in total. The van der Waals surface area contributed by atoms with Gasteiger partial charge in [0.05, 0.1) is 53.8 Å². The fourth-order valence-corrected chi connectivity index (χ4v) is 11.7. The van der Waals surface area contributed by atoms with Crippen LogP contribution in [0.4, 0.5) is 21.9 Å². The molecule has 8 aromatic rings. The number of aromatic hydroxyl groups is 1. The molecule has 5 amide bonds. The lowest BCUT2D eigenvalue weighted by Crippen LogP contribution is -2.52. The highest BCUT2D eigenvalue weighted by atomic mass is 35.5. The number of rotatable bonds is 34. The number of phenolic OH excluding ortho intramolecular Hbond substituents is 1. The maximum Gasteiger partial charge on any atom is 0.360 e. The van der Waals surface area contributed by atoms with Crippen molar-refractivity contribution in [2.75, 3.05) is 37.6 Å². The summed E-state index contributed by atoms with van der Waals surface area (Å²) in [5.41, 5.74) is 3.50. The number of carbonyl (C=O) groups excluding carboxylic acids is 6. The number of phenols is 1. The van der Waals surface area contributed by atoms with Crippen molar-refractivity contribution in [2.24, 2.45) is 0 Å². The maximum absolute atomic E-state index is 13.9. The van der Waals surface area contributed by atoms with Gasteiger partial charge in [-0.1, -0.05) is 161 Å². The zero-order chi connectivity index (χ0) is 69.4. The smallest absolute Gasteiger partial charge is 0.360 e. The number of ketones is 1. The standard InChI is InChI=1S/C43H52N6O8S.C29H28ClN3O6/c1-4-6-7-8-9-10-11-12-13-16-24-55-37-21-19-30(3)25-35(37)44-42(52)34-27-39(32-17-14-15-18-33(32)41(34)51)57-38-22-20-31(26-36(38)49(53)54)29-58-43-45-46-47-48(43)28-40(50)56-23-5-2;1-4-39-28-27(36)33(29(37)32(28)17-19-8-6-5-7-9-19)24(25(34)20-11-13-21(38-3)14-12-20)26(35)31-23-16-18(2)10-15-22(23)30/h14-15,17-22,25-27H,4-13,16,23-24,28-29H2,1-3H3,(H2,44,51,52);5-16,24,28H,4,17H2,1-3H3,(H,31,35)/p+1. The Kier molecular flexibility index (Phi) is 27.3. The highest BCUT2D eigenvalue weighted by Crippen LogP contribution is 2.42. The number of ether oxygens (including phenoxy) is 5. The Morgan fingerprint density at radius 1 is 0.742 bits per heavy atom. The number of anilines is 2. The molecular formula is C72H81ClN9O14S+. The third kappa shape index (κ3) is 19.9. The molecule has 2 heterocycles. The average Bonchev–Trinajstić information content (AvgIpc) is 1.76. The van der Waals surface area contributed by atoms with Crippen molar-refractivity contribution < 1.29 is 67.2 Å². The third-order valence-electron chi connectivity index (χ3n) is 15.7. The number of Topliss-reactive ketones (excluding diaryl/α,β-unsaturated/α-hetero) is 1. The quantitative estimate of drug-likeness (QED) is 0.00335. The van der Waals surface area contributed by atoms with Gasteiger partial charge in [0.25, 0.3) is 17.7 Å². The minimum Gasteiger partial charge on any atom is -0.506 e. The molecule has 0 aliphatic carbocycles. The summed E-state index contributed by atoms with van der Waals surface area (Å²) in [7, 11) is 1.48. The summed E-state index contributed by atoms with van der Waals surface area (Å²) in [5.74, 6) is -2.38. The number of amides is 5. The Bertz CT molecular complexity index is 4040. The van der Waals surface area contributed by atoms with E-state index in [1.54, 1.807) is 91.9 Å². The third-order valence-corrected chi connectivity index (χ3v) is 17.0. The molecule has 0 radical (unpaired) electrons. The Balaban J connectivity index is 0.000000267. The number of aryl methyl sites for hydroxylation is 2. The molecule has 97 heavy (non-hydrogen) atoms. The average molecular weight is 1360 g/mol. The number of nitro groups is 1. The van der Waals surface area contributed by atoms with Crippen LogP contribution in [0.1, 0.15) is 134 Å². The fourth-order valence-electron chi connectivity index (χ4n) is 10.7. The van der Waals surface area contributed by atoms with E-state index in [-0.39, 0.29) is 70.2 Å². The number of tetrazole rings is 1. The number of H-pyrrole nitrogens is 1. The van der Waals surface area contributed by atoms with Crippen LogP contribution in [0.3, 0.4) is 0 Å². The maximum atomic E-state index is 13.9. The molecular weight excluding hydrogens is 1280 g/mol. The molecule has 7 aromatic carbocycles. The number of urea groups is 1. The first-order valence-electron chi connectivity index (χ1n) is 32.3. The van der Waals surface area contributed by atoms with Gasteiger partial charge in [0.15, 0.2) is 23.6 Å². The number of unbranched alkanes of at least 4 members (excludes halogenated alkanes) is 9. The summed E-state index contributed by atoms with van der Waals surface area (Å²) in [4.78, 5) is 94.5. The number of methoxy groups -OCH3 is 1. The van der Waals surface area contributed by atoms with Crippen molar-refractivity contribution in [3.05, 3.63) is 188 Å². The molecule has 25 heteroatoms. The lowest BCUT2D eigenvalue weighted by molar-refractivity contribution is -0.777. The van der Waals surface area contributed by atoms with E-state index in [0.717, 1.165) is 36.0 Å². The summed E-state index contributed by atoms with van der Waals surface area (Å²) < 4.78 is 29.7. The van der Waals surface area contributed by atoms with Gasteiger partial charge in [0, 0.05) is 34.8 Å². The lowest BCUT2D eigenvalue weighted by atomic mass is 10.0. The fraction of sp³-hybridized carbons (Fsp3) is 0.347. The number of imide groups is 1. The first kappa shape index (κ1) is 72.9. The predicted octanol–water partition coefficient (Wildman–Crippen LogP) is 14.4. The lowest BCUT2D eigenvalue weighted by Gasteiger charge is -2.25. The van der Waals surface area contributed by atoms with Crippen LogP contribution in [0.15, 0.2) is 145 Å². The van der Waals surface area contributed by atoms with E-state index in [2.05, 4.69) is 33.1 Å². The summed E-state index contributed by atoms with van der Waals surface area (Å²) in [6.07, 6.45) is 11.5. The van der Waals surface area contributed by atoms with Crippen molar-refractivity contribution in [3.63, 3.8) is 0 Å². The molecule has 0 bridgehead atoms. The van der Waals surface area contributed by atoms with E-state index in [1.807, 2.05) is 45.0 Å². The van der Waals surface area contributed by atoms with E-state index in [1.165, 1.54) is 104 Å². The molecule has 510 valence electrons. The molecule has 1 aliphatic rings. The van der Waals surface area contributed by atoms with E-state index >= 15 is 0 Å². The van der Waals surface area contributed by atoms with Crippen molar-refractivity contribution in [3.8, 4) is 28.7 Å². The number of halogens is 1. The van der Waals surface area contributed by atoms with Crippen molar-refractivity contribution in [1.29, 1.82) is 0 Å². The minimum atomic E-state index is -1.82. The number of esters is 1. The zero-order valence-electron chi connectivity index (χ0n) is 55.2. The van der Waals surface area contributed by atoms with Gasteiger partial charge in [-0.25, -0.2) is 14.5 Å². The van der Waals surface area contributed by atoms with Crippen molar-refractivity contribution >= 4 is 86.7 Å². The summed E-state index contributed by atoms with van der Waals surface area (Å²) in [5, 5.41) is 41.1. The van der Waals surface area contributed by atoms with Gasteiger partial charge in [-0.05, 0) is 128 Å². The number of nitro benzene ring substituents is 1. The predicted molar refractivity (Wildman–Crippen MR) is 368 cm³/mol. The second-order valence-corrected chi connectivity index (χ2v) is 24.4. The van der Waals surface area contributed by atoms with E-state index in [4.69, 9.17) is 35.3 Å². The number of carbonyl (C=O) groups is 6. The topological polar surface area (TPSA) is 288 Å². The van der Waals surface area contributed by atoms with Gasteiger partial charge in [-0.3, -0.25) is 34.2 Å². The van der Waals surface area contributed by atoms with Crippen molar-refractivity contribution in [1.82, 2.24) is 25.3 Å². The second-order valence-electron chi connectivity index (χ2n) is 23.0. The number of nitrogens with zero attached hydrogens (tertiary/aromatic N) is 6. The second kappa shape index (κ2) is 36.3. The van der Waals surface area contributed by atoms with Gasteiger partial charge >= 0.3 is 22.8 Å². The number of nitrogens with one attached hydrogen (secondary N) is 3. The Hall–Kier alpha value is -9.91. The molecule has 2 unspecified atom stereocenters. The Labute approximate surface area is 572 Å². The van der Waals surface area contributed by atoms with Crippen LogP contribution < -0.4 is 29.5 Å². The summed E-state index contributed by atoms with van der Waals surface area (Å²) in [6.45, 7) is 10.4. The molecule has 23 nitrogen and oxygen atoms in total. The first-order valence-corrected chi connectivity index (χ1v) is 33.7. The van der Waals surface area contributed by atoms with Crippen LogP contribution >= 0.6 is 23.4 Å². The monoisotopic (exact) mass is 1360 g/mol. The van der Waals surface area contributed by atoms with Crippen LogP contribution in [0.2, 0.25) is 5.02 Å². The highest BCUT2D eigenvalue weighted by Gasteiger charge is 2.53. The van der Waals surface area contributed by atoms with Gasteiger partial charge < -0.3 is 39.4 Å². The molecule has 9 rings (SSSR count). The molecule has 2 atom stereocenters. The number of hydrogen-bond acceptors (Lipinski definition) is 17. The van der Waals surface area contributed by atoms with Crippen molar-refractivity contribution in [2.45, 2.75) is 142 Å². The van der Waals surface area contributed by atoms with E-state index < -0.39 is 52.7 Å². The number of aromatic nitrogens is 4. The summed E-state index contributed by atoms with van der Waals surface area (Å²) in [6, 6.07) is 35.8. The van der Waals surface area contributed by atoms with E-state index in [9.17, 15) is 44.0 Å². The van der Waals surface area contributed by atoms with Crippen LogP contribution in [-0.2, 0) is 42.7 Å². The van der Waals surface area contributed by atoms with Crippen LogP contribution in [0.25, 0.3) is 10.8 Å². The van der Waals surface area contributed by atoms with Crippen LogP contribution in [0, 0.1) is 24.0 Å². The highest BCUT2D eigenvalue weighted by molar-refractivity contribution is 7.98. The molecule has 1 saturated heterocycles. The normalized spacial score (nSPS) is 13.0. The number of fused-ring (bicyclic) bond motifs is 1. The number of aromatic amines is 1. The molecule has 1 aromatic heterocycles. The van der Waals surface area contributed by atoms with Gasteiger partial charge in [-0.2, -0.15) is 0 Å². The number of benzene rings is 7. The molecule has 0 saturated carbocycles. The Morgan fingerprint density at radius 2 is 1.40 bits per heavy atom. The van der Waals surface area contributed by atoms with E-state index in [0.29, 0.717) is 63.2 Å². The van der Waals surface area contributed by atoms with Gasteiger partial charge in [-0.15, -0.1) is 4.68 Å². The number of hydrogen-bond donors (Lipinski definition) is 4. The van der Waals surface area contributed by atoms with Crippen LogP contribution in [-0.4, -0.2) is 110 Å². The molecule has 1 aliphatic heterocycles. The molecule has 1 fully saturated rings. The largest absolute Gasteiger partial charge is 0.506 e.